The van der Waals surface area contributed by atoms with Gasteiger partial charge in [-0.05, 0) is 55.3 Å². The van der Waals surface area contributed by atoms with Gasteiger partial charge >= 0.3 is 0 Å². The number of methoxy groups -OCH3 is 1. The lowest BCUT2D eigenvalue weighted by Crippen LogP contribution is -2.18. The van der Waals surface area contributed by atoms with Gasteiger partial charge in [0.25, 0.3) is 0 Å². The predicted octanol–water partition coefficient (Wildman–Crippen LogP) is 3.91. The minimum atomic E-state index is -3.70. The van der Waals surface area contributed by atoms with Crippen molar-refractivity contribution in [2.45, 2.75) is 25.5 Å². The van der Waals surface area contributed by atoms with Gasteiger partial charge in [0, 0.05) is 12.0 Å². The second-order valence-corrected chi connectivity index (χ2v) is 9.01. The van der Waals surface area contributed by atoms with E-state index in [0.717, 1.165) is 5.56 Å². The Morgan fingerprint density at radius 2 is 1.77 bits per heavy atom. The first-order chi connectivity index (χ1) is 14.3. The van der Waals surface area contributed by atoms with Crippen LogP contribution in [0.25, 0.3) is 11.5 Å². The monoisotopic (exact) mass is 431 g/mol. The lowest BCUT2D eigenvalue weighted by atomic mass is 10.1. The third kappa shape index (κ3) is 5.76. The van der Waals surface area contributed by atoms with Gasteiger partial charge in [-0.15, -0.1) is 0 Å². The average molecular weight is 431 g/mol. The highest BCUT2D eigenvalue weighted by atomic mass is 32.2. The number of aromatic nitrogens is 1. The highest BCUT2D eigenvalue weighted by Gasteiger charge is 2.22. The molecule has 0 amide bonds. The standard InChI is InChI=1S/C22H22FNO5S/c1-15-21(24-22(29-15)17-6-11-20(28-2)12-7-17)14-30(26,27)13-19(25)10-5-16-3-8-18(23)9-4-16/h3-4,6-9,11-12H,5,10,13-14H2,1-2H3. The summed E-state index contributed by atoms with van der Waals surface area (Å²) in [5, 5.41) is 0. The van der Waals surface area contributed by atoms with Crippen molar-refractivity contribution < 1.29 is 26.8 Å². The molecule has 3 aromatic rings. The zero-order valence-electron chi connectivity index (χ0n) is 16.7. The molecule has 0 spiro atoms. The van der Waals surface area contributed by atoms with Crippen LogP contribution >= 0.6 is 0 Å². The fourth-order valence-corrected chi connectivity index (χ4v) is 4.35. The van der Waals surface area contributed by atoms with Crippen molar-refractivity contribution in [3.63, 3.8) is 0 Å². The van der Waals surface area contributed by atoms with Crippen molar-refractivity contribution in [1.82, 2.24) is 4.98 Å². The number of aryl methyl sites for hydroxylation is 2. The van der Waals surface area contributed by atoms with Crippen LogP contribution in [0.5, 0.6) is 5.75 Å². The highest BCUT2D eigenvalue weighted by Crippen LogP contribution is 2.25. The Hall–Kier alpha value is -3.00. The van der Waals surface area contributed by atoms with Crippen molar-refractivity contribution in [3.05, 3.63) is 71.4 Å². The van der Waals surface area contributed by atoms with E-state index in [1.165, 1.54) is 12.1 Å². The van der Waals surface area contributed by atoms with E-state index in [4.69, 9.17) is 9.15 Å². The number of nitrogens with zero attached hydrogens (tertiary/aromatic N) is 1. The minimum absolute atomic E-state index is 0.0692. The molecule has 0 fully saturated rings. The fourth-order valence-electron chi connectivity index (χ4n) is 2.93. The molecule has 0 aliphatic heterocycles. The molecular formula is C22H22FNO5S. The number of Topliss-reactive ketones (excluding diaryl/α,β-unsaturated/α-hetero) is 1. The summed E-state index contributed by atoms with van der Waals surface area (Å²) in [5.41, 5.74) is 1.75. The first kappa shape index (κ1) is 21.7. The van der Waals surface area contributed by atoms with Crippen LogP contribution in [0.15, 0.2) is 52.9 Å². The molecule has 30 heavy (non-hydrogen) atoms. The zero-order valence-corrected chi connectivity index (χ0v) is 17.5. The summed E-state index contributed by atoms with van der Waals surface area (Å²) in [6.07, 6.45) is 0.430. The summed E-state index contributed by atoms with van der Waals surface area (Å²) in [7, 11) is -2.14. The lowest BCUT2D eigenvalue weighted by molar-refractivity contribution is -0.116. The molecule has 158 valence electrons. The van der Waals surface area contributed by atoms with Crippen LogP contribution in [0.2, 0.25) is 0 Å². The van der Waals surface area contributed by atoms with Crippen LogP contribution in [-0.2, 0) is 26.8 Å². The summed E-state index contributed by atoms with van der Waals surface area (Å²) in [5.74, 6) is -0.310. The van der Waals surface area contributed by atoms with E-state index < -0.39 is 21.4 Å². The van der Waals surface area contributed by atoms with Gasteiger partial charge in [-0.2, -0.15) is 0 Å². The van der Waals surface area contributed by atoms with E-state index in [1.54, 1.807) is 50.4 Å². The molecule has 0 aliphatic carbocycles. The van der Waals surface area contributed by atoms with E-state index in [0.29, 0.717) is 29.4 Å². The molecule has 0 radical (unpaired) electrons. The summed E-state index contributed by atoms with van der Waals surface area (Å²) < 4.78 is 48.6. The second-order valence-electron chi connectivity index (χ2n) is 6.95. The van der Waals surface area contributed by atoms with Crippen LogP contribution in [0, 0.1) is 12.7 Å². The van der Waals surface area contributed by atoms with Crippen LogP contribution in [0.3, 0.4) is 0 Å². The number of oxazole rings is 1. The van der Waals surface area contributed by atoms with Crippen molar-refractivity contribution >= 4 is 15.6 Å². The average Bonchev–Trinajstić information content (AvgIpc) is 3.07. The van der Waals surface area contributed by atoms with Crippen LogP contribution in [0.1, 0.15) is 23.4 Å². The van der Waals surface area contributed by atoms with E-state index in [2.05, 4.69) is 4.98 Å². The molecule has 0 N–H and O–H groups in total. The predicted molar refractivity (Wildman–Crippen MR) is 110 cm³/mol. The number of hydrogen-bond acceptors (Lipinski definition) is 6. The molecule has 8 heteroatoms. The van der Waals surface area contributed by atoms with E-state index in [-0.39, 0.29) is 23.7 Å². The number of rotatable bonds is 9. The number of hydrogen-bond donors (Lipinski definition) is 0. The Morgan fingerprint density at radius 3 is 2.40 bits per heavy atom. The maximum absolute atomic E-state index is 12.9. The van der Waals surface area contributed by atoms with Gasteiger partial charge in [0.15, 0.2) is 9.84 Å². The van der Waals surface area contributed by atoms with Crippen molar-refractivity contribution in [1.29, 1.82) is 0 Å². The van der Waals surface area contributed by atoms with Crippen LogP contribution in [-0.4, -0.2) is 32.0 Å². The SMILES string of the molecule is COc1ccc(-c2nc(CS(=O)(=O)CC(=O)CCc3ccc(F)cc3)c(C)o2)cc1. The van der Waals surface area contributed by atoms with Gasteiger partial charge in [0.1, 0.15) is 28.9 Å². The Morgan fingerprint density at radius 1 is 1.10 bits per heavy atom. The van der Waals surface area contributed by atoms with Gasteiger partial charge in [0.05, 0.1) is 18.6 Å². The highest BCUT2D eigenvalue weighted by molar-refractivity contribution is 7.91. The Balaban J connectivity index is 1.62. The molecule has 3 rings (SSSR count). The largest absolute Gasteiger partial charge is 0.497 e. The summed E-state index contributed by atoms with van der Waals surface area (Å²) >= 11 is 0. The van der Waals surface area contributed by atoms with Crippen molar-refractivity contribution in [3.8, 4) is 17.2 Å². The molecule has 0 aliphatic rings. The Bertz CT molecular complexity index is 1120. The molecule has 1 aromatic heterocycles. The van der Waals surface area contributed by atoms with Crippen molar-refractivity contribution in [2.75, 3.05) is 12.9 Å². The topological polar surface area (TPSA) is 86.5 Å². The number of halogens is 1. The molecule has 6 nitrogen and oxygen atoms in total. The third-order valence-electron chi connectivity index (χ3n) is 4.57. The lowest BCUT2D eigenvalue weighted by Gasteiger charge is -2.03. The molecule has 1 heterocycles. The molecule has 0 bridgehead atoms. The first-order valence-corrected chi connectivity index (χ1v) is 11.1. The number of ketones is 1. The number of sulfone groups is 1. The van der Waals surface area contributed by atoms with Crippen LogP contribution in [0.4, 0.5) is 4.39 Å². The molecular weight excluding hydrogens is 409 g/mol. The second kappa shape index (κ2) is 9.21. The number of benzene rings is 2. The Kier molecular flexibility index (Phi) is 6.66. The van der Waals surface area contributed by atoms with Gasteiger partial charge in [-0.1, -0.05) is 12.1 Å². The number of carbonyl (C=O) groups excluding carboxylic acids is 1. The smallest absolute Gasteiger partial charge is 0.226 e. The zero-order chi connectivity index (χ0) is 21.7. The minimum Gasteiger partial charge on any atom is -0.497 e. The quantitative estimate of drug-likeness (QED) is 0.511. The van der Waals surface area contributed by atoms with E-state index in [9.17, 15) is 17.6 Å². The molecule has 0 unspecified atom stereocenters. The maximum atomic E-state index is 12.9. The molecule has 0 atom stereocenters. The fraction of sp³-hybridized carbons (Fsp3) is 0.273. The van der Waals surface area contributed by atoms with E-state index in [1.807, 2.05) is 0 Å². The van der Waals surface area contributed by atoms with Crippen LogP contribution < -0.4 is 4.74 Å². The summed E-state index contributed by atoms with van der Waals surface area (Å²) in [4.78, 5) is 16.4. The van der Waals surface area contributed by atoms with E-state index >= 15 is 0 Å². The summed E-state index contributed by atoms with van der Waals surface area (Å²) in [6, 6.07) is 12.8. The summed E-state index contributed by atoms with van der Waals surface area (Å²) in [6.45, 7) is 1.64. The maximum Gasteiger partial charge on any atom is 0.226 e. The first-order valence-electron chi connectivity index (χ1n) is 9.33. The molecule has 0 saturated carbocycles. The van der Waals surface area contributed by atoms with Gasteiger partial charge < -0.3 is 9.15 Å². The van der Waals surface area contributed by atoms with Gasteiger partial charge in [0.2, 0.25) is 5.89 Å². The number of ether oxygens (including phenoxy) is 1. The normalized spacial score (nSPS) is 11.4. The van der Waals surface area contributed by atoms with Gasteiger partial charge in [-0.3, -0.25) is 4.79 Å². The molecule has 2 aromatic carbocycles. The molecule has 0 saturated heterocycles. The number of carbonyl (C=O) groups is 1. The van der Waals surface area contributed by atoms with Gasteiger partial charge in [-0.25, -0.2) is 17.8 Å². The Labute approximate surface area is 174 Å². The van der Waals surface area contributed by atoms with Crippen molar-refractivity contribution in [2.24, 2.45) is 0 Å². The third-order valence-corrected chi connectivity index (χ3v) is 6.05.